The van der Waals surface area contributed by atoms with Crippen LogP contribution >= 0.6 is 11.6 Å². The van der Waals surface area contributed by atoms with Crippen molar-refractivity contribution in [2.75, 3.05) is 20.2 Å². The monoisotopic (exact) mass is 324 g/mol. The lowest BCUT2D eigenvalue weighted by Gasteiger charge is -2.25. The molecule has 1 saturated carbocycles. The van der Waals surface area contributed by atoms with E-state index in [9.17, 15) is 4.79 Å². The summed E-state index contributed by atoms with van der Waals surface area (Å²) in [5, 5.41) is 3.80. The number of nitrogens with one attached hydrogen (secondary N) is 1. The van der Waals surface area contributed by atoms with Gasteiger partial charge in [0, 0.05) is 17.6 Å². The summed E-state index contributed by atoms with van der Waals surface area (Å²) in [6.07, 6.45) is 4.67. The number of hydrogen-bond donors (Lipinski definition) is 1. The molecule has 2 rings (SSSR count). The molecule has 1 aliphatic rings. The number of ether oxygens (including phenoxy) is 1. The molecular weight excluding hydrogens is 300 g/mol. The van der Waals surface area contributed by atoms with Gasteiger partial charge in [0.25, 0.3) is 0 Å². The van der Waals surface area contributed by atoms with E-state index in [1.165, 1.54) is 12.8 Å². The third-order valence-electron chi connectivity index (χ3n) is 4.25. The fourth-order valence-electron chi connectivity index (χ4n) is 2.65. The van der Waals surface area contributed by atoms with E-state index in [0.29, 0.717) is 24.2 Å². The Bertz CT molecular complexity index is 489. The molecule has 1 aliphatic carbocycles. The maximum absolute atomic E-state index is 12.2. The van der Waals surface area contributed by atoms with Crippen LogP contribution in [0.4, 0.5) is 0 Å². The molecule has 0 saturated heterocycles. The first-order valence-corrected chi connectivity index (χ1v) is 8.33. The van der Waals surface area contributed by atoms with Crippen molar-refractivity contribution < 1.29 is 9.53 Å². The normalized spacial score (nSPS) is 16.7. The number of rotatable bonds is 7. The molecule has 1 aromatic rings. The van der Waals surface area contributed by atoms with Crippen LogP contribution in [-0.4, -0.2) is 43.1 Å². The average molecular weight is 325 g/mol. The van der Waals surface area contributed by atoms with Crippen molar-refractivity contribution in [1.82, 2.24) is 10.2 Å². The molecular formula is C17H25ClN2O2. The Morgan fingerprint density at radius 1 is 1.45 bits per heavy atom. The number of likely N-dealkylation sites (N-methyl/N-ethyl adjacent to an activating group) is 1. The molecule has 0 aliphatic heterocycles. The van der Waals surface area contributed by atoms with Gasteiger partial charge in [0.1, 0.15) is 12.4 Å². The van der Waals surface area contributed by atoms with Gasteiger partial charge in [0.15, 0.2) is 0 Å². The second-order valence-corrected chi connectivity index (χ2v) is 6.39. The molecule has 0 aromatic heterocycles. The number of hydrogen-bond acceptors (Lipinski definition) is 3. The first-order chi connectivity index (χ1) is 10.6. The molecule has 0 spiro atoms. The highest BCUT2D eigenvalue weighted by atomic mass is 35.5. The van der Waals surface area contributed by atoms with Crippen LogP contribution in [0.25, 0.3) is 0 Å². The van der Waals surface area contributed by atoms with Crippen LogP contribution in [0.1, 0.15) is 32.6 Å². The summed E-state index contributed by atoms with van der Waals surface area (Å²) in [6, 6.07) is 7.56. The third kappa shape index (κ3) is 5.18. The predicted molar refractivity (Wildman–Crippen MR) is 89.4 cm³/mol. The highest BCUT2D eigenvalue weighted by Crippen LogP contribution is 2.18. The van der Waals surface area contributed by atoms with Gasteiger partial charge in [-0.25, -0.2) is 0 Å². The van der Waals surface area contributed by atoms with Gasteiger partial charge in [0.2, 0.25) is 5.91 Å². The summed E-state index contributed by atoms with van der Waals surface area (Å²) in [4.78, 5) is 14.2. The van der Waals surface area contributed by atoms with Crippen molar-refractivity contribution in [1.29, 1.82) is 0 Å². The summed E-state index contributed by atoms with van der Waals surface area (Å²) >= 11 is 5.92. The molecule has 1 unspecified atom stereocenters. The predicted octanol–water partition coefficient (Wildman–Crippen LogP) is 3.10. The molecule has 5 heteroatoms. The van der Waals surface area contributed by atoms with Crippen molar-refractivity contribution in [3.63, 3.8) is 0 Å². The second-order valence-electron chi connectivity index (χ2n) is 5.95. The first kappa shape index (κ1) is 17.1. The summed E-state index contributed by atoms with van der Waals surface area (Å²) in [5.74, 6) is 0.862. The zero-order chi connectivity index (χ0) is 15.9. The van der Waals surface area contributed by atoms with E-state index in [4.69, 9.17) is 16.3 Å². The molecule has 1 amide bonds. The largest absolute Gasteiger partial charge is 0.492 e. The van der Waals surface area contributed by atoms with Gasteiger partial charge in [-0.2, -0.15) is 0 Å². The van der Waals surface area contributed by atoms with Crippen LogP contribution in [-0.2, 0) is 4.79 Å². The number of amides is 1. The summed E-state index contributed by atoms with van der Waals surface area (Å²) in [6.45, 7) is 3.15. The van der Waals surface area contributed by atoms with Gasteiger partial charge in [-0.3, -0.25) is 9.69 Å². The molecule has 0 bridgehead atoms. The van der Waals surface area contributed by atoms with Crippen LogP contribution in [0.3, 0.4) is 0 Å². The lowest BCUT2D eigenvalue weighted by molar-refractivity contribution is -0.126. The average Bonchev–Trinajstić information content (AvgIpc) is 2.99. The van der Waals surface area contributed by atoms with Gasteiger partial charge in [0.05, 0.1) is 6.04 Å². The third-order valence-corrected chi connectivity index (χ3v) is 4.49. The Morgan fingerprint density at radius 2 is 2.18 bits per heavy atom. The molecule has 1 atom stereocenters. The van der Waals surface area contributed by atoms with Crippen LogP contribution in [0.5, 0.6) is 5.75 Å². The molecule has 1 N–H and O–H groups in total. The Hall–Kier alpha value is -1.26. The molecule has 1 fully saturated rings. The maximum Gasteiger partial charge on any atom is 0.237 e. The van der Waals surface area contributed by atoms with E-state index < -0.39 is 0 Å². The molecule has 0 radical (unpaired) electrons. The number of carbonyl (C=O) groups is 1. The van der Waals surface area contributed by atoms with E-state index in [1.807, 2.05) is 37.1 Å². The van der Waals surface area contributed by atoms with Crippen molar-refractivity contribution in [3.8, 4) is 5.75 Å². The quantitative estimate of drug-likeness (QED) is 0.838. The van der Waals surface area contributed by atoms with Gasteiger partial charge in [-0.1, -0.05) is 30.5 Å². The summed E-state index contributed by atoms with van der Waals surface area (Å²) < 4.78 is 5.66. The van der Waals surface area contributed by atoms with Gasteiger partial charge in [-0.15, -0.1) is 0 Å². The molecule has 22 heavy (non-hydrogen) atoms. The van der Waals surface area contributed by atoms with Crippen LogP contribution in [0.2, 0.25) is 5.02 Å². The van der Waals surface area contributed by atoms with Gasteiger partial charge < -0.3 is 10.1 Å². The fourth-order valence-corrected chi connectivity index (χ4v) is 2.83. The smallest absolute Gasteiger partial charge is 0.237 e. The maximum atomic E-state index is 12.2. The van der Waals surface area contributed by atoms with E-state index in [0.717, 1.165) is 18.6 Å². The standard InChI is InChI=1S/C17H25ClN2O2/c1-13(17(21)19-15-7-3-4-8-15)20(2)10-11-22-16-9-5-6-14(18)12-16/h5-6,9,12-13,15H,3-4,7-8,10-11H2,1-2H3,(H,19,21). The summed E-state index contributed by atoms with van der Waals surface area (Å²) in [5.41, 5.74) is 0. The molecule has 122 valence electrons. The zero-order valence-corrected chi connectivity index (χ0v) is 14.1. The number of carbonyl (C=O) groups excluding carboxylic acids is 1. The van der Waals surface area contributed by atoms with Crippen molar-refractivity contribution >= 4 is 17.5 Å². The minimum absolute atomic E-state index is 0.108. The molecule has 0 heterocycles. The summed E-state index contributed by atoms with van der Waals surface area (Å²) in [7, 11) is 1.94. The number of halogens is 1. The van der Waals surface area contributed by atoms with E-state index in [1.54, 1.807) is 6.07 Å². The lowest BCUT2D eigenvalue weighted by Crippen LogP contribution is -2.47. The van der Waals surface area contributed by atoms with Crippen molar-refractivity contribution in [2.24, 2.45) is 0 Å². The van der Waals surface area contributed by atoms with E-state index in [-0.39, 0.29) is 11.9 Å². The number of benzene rings is 1. The van der Waals surface area contributed by atoms with Gasteiger partial charge >= 0.3 is 0 Å². The zero-order valence-electron chi connectivity index (χ0n) is 13.3. The fraction of sp³-hybridized carbons (Fsp3) is 0.588. The topological polar surface area (TPSA) is 41.6 Å². The highest BCUT2D eigenvalue weighted by Gasteiger charge is 2.22. The minimum atomic E-state index is -0.149. The SMILES string of the molecule is CC(C(=O)NC1CCCC1)N(C)CCOc1cccc(Cl)c1. The first-order valence-electron chi connectivity index (χ1n) is 7.95. The van der Waals surface area contributed by atoms with Crippen LogP contribution < -0.4 is 10.1 Å². The highest BCUT2D eigenvalue weighted by molar-refractivity contribution is 6.30. The van der Waals surface area contributed by atoms with Crippen LogP contribution in [0.15, 0.2) is 24.3 Å². The second kappa shape index (κ2) is 8.39. The molecule has 1 aromatic carbocycles. The van der Waals surface area contributed by atoms with E-state index >= 15 is 0 Å². The Labute approximate surface area is 137 Å². The Morgan fingerprint density at radius 3 is 2.86 bits per heavy atom. The Kier molecular flexibility index (Phi) is 6.52. The van der Waals surface area contributed by atoms with Crippen molar-refractivity contribution in [3.05, 3.63) is 29.3 Å². The van der Waals surface area contributed by atoms with Crippen molar-refractivity contribution in [2.45, 2.75) is 44.7 Å². The lowest BCUT2D eigenvalue weighted by atomic mass is 10.2. The Balaban J connectivity index is 1.71. The number of nitrogens with zero attached hydrogens (tertiary/aromatic N) is 1. The molecule has 4 nitrogen and oxygen atoms in total. The minimum Gasteiger partial charge on any atom is -0.492 e. The van der Waals surface area contributed by atoms with Gasteiger partial charge in [-0.05, 0) is 45.0 Å². The van der Waals surface area contributed by atoms with Crippen LogP contribution in [0, 0.1) is 0 Å². The van der Waals surface area contributed by atoms with E-state index in [2.05, 4.69) is 5.32 Å².